The van der Waals surface area contributed by atoms with Gasteiger partial charge in [-0.1, -0.05) is 12.2 Å². The number of hydrogen-bond acceptors (Lipinski definition) is 3. The van der Waals surface area contributed by atoms with Gasteiger partial charge < -0.3 is 14.5 Å². The third kappa shape index (κ3) is 14.5. The maximum atomic E-state index is 10.3. The number of esters is 1. The van der Waals surface area contributed by atoms with Gasteiger partial charge in [0.1, 0.15) is 13.2 Å². The first kappa shape index (κ1) is 15.4. The molecular formula is C13H23N2O2+. The Morgan fingerprint density at radius 1 is 1.12 bits per heavy atom. The molecule has 0 aromatic carbocycles. The number of ether oxygens (including phenoxy) is 1. The largest absolute Gasteiger partial charge is 0.460 e. The number of carbonyl (C=O) groups excluding carboxylic acids is 1. The number of nitrogens with one attached hydrogen (secondary N) is 1. The number of carbonyl (C=O) groups is 1. The van der Waals surface area contributed by atoms with Gasteiger partial charge in [-0.25, -0.2) is 0 Å². The van der Waals surface area contributed by atoms with Crippen LogP contribution in [0.15, 0.2) is 36.7 Å². The first-order valence-corrected chi connectivity index (χ1v) is 5.60. The molecular weight excluding hydrogens is 216 g/mol. The van der Waals surface area contributed by atoms with Crippen LogP contribution in [0.3, 0.4) is 0 Å². The van der Waals surface area contributed by atoms with Crippen molar-refractivity contribution >= 4 is 5.97 Å². The van der Waals surface area contributed by atoms with E-state index < -0.39 is 0 Å². The number of allylic oxidation sites excluding steroid dienone is 4. The average molecular weight is 239 g/mol. The minimum absolute atomic E-state index is 0.201. The summed E-state index contributed by atoms with van der Waals surface area (Å²) in [6.45, 7) is 2.80. The topological polar surface area (TPSA) is 38.3 Å². The summed E-state index contributed by atoms with van der Waals surface area (Å²) in [5, 5.41) is 2.92. The predicted octanol–water partition coefficient (Wildman–Crippen LogP) is 1.43. The molecule has 1 N–H and O–H groups in total. The SMILES string of the molecule is C1=CC=CNC=C1.CC(=O)OCC[N+](C)(C)C. The van der Waals surface area contributed by atoms with Gasteiger partial charge in [-0.3, -0.25) is 4.79 Å². The van der Waals surface area contributed by atoms with Crippen molar-refractivity contribution in [3.05, 3.63) is 36.7 Å². The summed E-state index contributed by atoms with van der Waals surface area (Å²) < 4.78 is 5.59. The molecule has 17 heavy (non-hydrogen) atoms. The summed E-state index contributed by atoms with van der Waals surface area (Å²) in [7, 11) is 6.18. The highest BCUT2D eigenvalue weighted by atomic mass is 16.5. The standard InChI is InChI=1S/C7H16NO2.C6H7N/c1-7(9)10-6-5-8(2,3)4;1-2-4-6-7-5-3-1/h5-6H2,1-4H3;1-7H/q+1;. The van der Waals surface area contributed by atoms with Crippen LogP contribution < -0.4 is 5.32 Å². The summed E-state index contributed by atoms with van der Waals surface area (Å²) in [5.41, 5.74) is 0. The lowest BCUT2D eigenvalue weighted by molar-refractivity contribution is -0.870. The van der Waals surface area contributed by atoms with Gasteiger partial charge in [-0.15, -0.1) is 0 Å². The van der Waals surface area contributed by atoms with Gasteiger partial charge in [0, 0.05) is 19.3 Å². The van der Waals surface area contributed by atoms with Crippen LogP contribution in [0.1, 0.15) is 6.92 Å². The number of likely N-dealkylation sites (N-methyl/N-ethyl adjacent to an activating group) is 1. The van der Waals surface area contributed by atoms with Crippen molar-refractivity contribution in [1.82, 2.24) is 5.32 Å². The lowest BCUT2D eigenvalue weighted by atomic mass is 10.5. The van der Waals surface area contributed by atoms with Crippen LogP contribution in [0.4, 0.5) is 0 Å². The Balaban J connectivity index is 0.000000318. The quantitative estimate of drug-likeness (QED) is 0.598. The maximum Gasteiger partial charge on any atom is 0.302 e. The highest BCUT2D eigenvalue weighted by Crippen LogP contribution is 1.89. The highest BCUT2D eigenvalue weighted by molar-refractivity contribution is 5.65. The molecule has 96 valence electrons. The number of nitrogens with zero attached hydrogens (tertiary/aromatic N) is 1. The van der Waals surface area contributed by atoms with Crippen molar-refractivity contribution < 1.29 is 14.0 Å². The lowest BCUT2D eigenvalue weighted by Crippen LogP contribution is -2.37. The first-order chi connectivity index (χ1) is 7.92. The van der Waals surface area contributed by atoms with Crippen molar-refractivity contribution in [2.75, 3.05) is 34.3 Å². The Morgan fingerprint density at radius 3 is 2.06 bits per heavy atom. The van der Waals surface area contributed by atoms with E-state index in [1.165, 1.54) is 6.92 Å². The molecule has 4 heteroatoms. The Morgan fingerprint density at radius 2 is 1.65 bits per heavy atom. The molecule has 0 aromatic rings. The van der Waals surface area contributed by atoms with Gasteiger partial charge in [-0.2, -0.15) is 0 Å². The molecule has 0 aliphatic carbocycles. The Labute approximate surface area is 104 Å². The molecule has 0 spiro atoms. The van der Waals surface area contributed by atoms with E-state index in [9.17, 15) is 4.79 Å². The molecule has 0 saturated carbocycles. The first-order valence-electron chi connectivity index (χ1n) is 5.60. The van der Waals surface area contributed by atoms with E-state index in [1.54, 1.807) is 0 Å². The van der Waals surface area contributed by atoms with Gasteiger partial charge in [0.2, 0.25) is 0 Å². The molecule has 0 bridgehead atoms. The summed E-state index contributed by atoms with van der Waals surface area (Å²) in [4.78, 5) is 10.3. The van der Waals surface area contributed by atoms with E-state index in [0.29, 0.717) is 6.61 Å². The van der Waals surface area contributed by atoms with Crippen LogP contribution in [0.5, 0.6) is 0 Å². The van der Waals surface area contributed by atoms with Crippen molar-refractivity contribution in [2.45, 2.75) is 6.92 Å². The van der Waals surface area contributed by atoms with Crippen molar-refractivity contribution in [3.8, 4) is 0 Å². The lowest BCUT2D eigenvalue weighted by Gasteiger charge is -2.23. The maximum absolute atomic E-state index is 10.3. The Kier molecular flexibility index (Phi) is 7.80. The minimum Gasteiger partial charge on any atom is -0.460 e. The monoisotopic (exact) mass is 239 g/mol. The Hall–Kier alpha value is -1.55. The summed E-state index contributed by atoms with van der Waals surface area (Å²) in [6, 6.07) is 0. The van der Waals surface area contributed by atoms with Gasteiger partial charge >= 0.3 is 5.97 Å². The van der Waals surface area contributed by atoms with E-state index in [0.717, 1.165) is 11.0 Å². The smallest absolute Gasteiger partial charge is 0.302 e. The normalized spacial score (nSPS) is 13.2. The van der Waals surface area contributed by atoms with E-state index in [2.05, 4.69) is 26.5 Å². The van der Waals surface area contributed by atoms with Gasteiger partial charge in [0.25, 0.3) is 0 Å². The summed E-state index contributed by atoms with van der Waals surface area (Å²) in [6.07, 6.45) is 11.6. The van der Waals surface area contributed by atoms with Crippen LogP contribution >= 0.6 is 0 Å². The molecule has 0 atom stereocenters. The molecule has 0 unspecified atom stereocenters. The molecule has 0 radical (unpaired) electrons. The molecule has 1 aliphatic heterocycles. The number of rotatable bonds is 3. The van der Waals surface area contributed by atoms with Crippen LogP contribution in [-0.2, 0) is 9.53 Å². The molecule has 1 heterocycles. The van der Waals surface area contributed by atoms with Crippen molar-refractivity contribution in [1.29, 1.82) is 0 Å². The molecule has 0 fully saturated rings. The van der Waals surface area contributed by atoms with Gasteiger partial charge in [0.15, 0.2) is 0 Å². The van der Waals surface area contributed by atoms with Crippen LogP contribution in [0.2, 0.25) is 0 Å². The van der Waals surface area contributed by atoms with Gasteiger partial charge in [0.05, 0.1) is 21.1 Å². The molecule has 4 nitrogen and oxygen atoms in total. The molecule has 0 saturated heterocycles. The number of quaternary nitrogens is 1. The fraction of sp³-hybridized carbons (Fsp3) is 0.462. The fourth-order valence-electron chi connectivity index (χ4n) is 0.869. The van der Waals surface area contributed by atoms with Crippen LogP contribution in [0.25, 0.3) is 0 Å². The fourth-order valence-corrected chi connectivity index (χ4v) is 0.869. The van der Waals surface area contributed by atoms with Crippen molar-refractivity contribution in [2.24, 2.45) is 0 Å². The van der Waals surface area contributed by atoms with Crippen molar-refractivity contribution in [3.63, 3.8) is 0 Å². The summed E-state index contributed by atoms with van der Waals surface area (Å²) >= 11 is 0. The minimum atomic E-state index is -0.201. The highest BCUT2D eigenvalue weighted by Gasteiger charge is 2.06. The Bertz CT molecular complexity index is 285. The predicted molar refractivity (Wildman–Crippen MR) is 70.1 cm³/mol. The zero-order valence-electron chi connectivity index (χ0n) is 11.1. The second-order valence-electron chi connectivity index (χ2n) is 4.62. The second kappa shape index (κ2) is 8.58. The van der Waals surface area contributed by atoms with E-state index >= 15 is 0 Å². The number of hydrogen-bond donors (Lipinski definition) is 1. The van der Waals surface area contributed by atoms with Crippen LogP contribution in [0, 0.1) is 0 Å². The van der Waals surface area contributed by atoms with E-state index in [1.807, 2.05) is 36.7 Å². The third-order valence-corrected chi connectivity index (χ3v) is 1.79. The van der Waals surface area contributed by atoms with Crippen LogP contribution in [-0.4, -0.2) is 44.7 Å². The molecule has 1 rings (SSSR count). The molecule has 1 aliphatic rings. The second-order valence-corrected chi connectivity index (χ2v) is 4.62. The molecule has 0 amide bonds. The van der Waals surface area contributed by atoms with E-state index in [4.69, 9.17) is 4.74 Å². The zero-order valence-corrected chi connectivity index (χ0v) is 11.1. The average Bonchev–Trinajstić information content (AvgIpc) is 2.46. The molecule has 0 aromatic heterocycles. The third-order valence-electron chi connectivity index (χ3n) is 1.79. The van der Waals surface area contributed by atoms with E-state index in [-0.39, 0.29) is 5.97 Å². The zero-order chi connectivity index (χ0) is 13.1. The summed E-state index contributed by atoms with van der Waals surface area (Å²) in [5.74, 6) is -0.201. The van der Waals surface area contributed by atoms with Gasteiger partial charge in [-0.05, 0) is 12.2 Å².